The van der Waals surface area contributed by atoms with E-state index < -0.39 is 11.5 Å². The highest BCUT2D eigenvalue weighted by atomic mass is 32.2. The monoisotopic (exact) mass is 314 g/mol. The van der Waals surface area contributed by atoms with Crippen molar-refractivity contribution in [2.45, 2.75) is 18.2 Å². The molecule has 0 aliphatic carbocycles. The first-order valence-corrected chi connectivity index (χ1v) is 8.06. The van der Waals surface area contributed by atoms with E-state index >= 15 is 0 Å². The Morgan fingerprint density at radius 2 is 1.86 bits per heavy atom. The zero-order valence-electron chi connectivity index (χ0n) is 13.2. The van der Waals surface area contributed by atoms with Crippen LogP contribution in [0.2, 0.25) is 0 Å². The highest BCUT2D eigenvalue weighted by Crippen LogP contribution is 2.21. The second kappa shape index (κ2) is 7.80. The smallest absolute Gasteiger partial charge is 0.332 e. The first-order valence-electron chi connectivity index (χ1n) is 7.61. The van der Waals surface area contributed by atoms with E-state index in [4.69, 9.17) is 1.37 Å². The van der Waals surface area contributed by atoms with Crippen LogP contribution >= 0.6 is 11.8 Å². The van der Waals surface area contributed by atoms with E-state index in [2.05, 4.69) is 4.99 Å². The Morgan fingerprint density at radius 3 is 2.45 bits per heavy atom. The zero-order chi connectivity index (χ0) is 16.5. The average Bonchev–Trinajstić information content (AvgIpc) is 2.59. The third-order valence-corrected chi connectivity index (χ3v) is 4.33. The summed E-state index contributed by atoms with van der Waals surface area (Å²) in [5.74, 6) is -0.0823. The maximum Gasteiger partial charge on any atom is 0.332 e. The second-order valence-corrected chi connectivity index (χ2v) is 5.97. The molecule has 4 heteroatoms. The number of carboxylic acid groups (broad SMARTS) is 1. The number of rotatable bonds is 7. The third kappa shape index (κ3) is 4.74. The first-order chi connectivity index (χ1) is 11.2. The maximum atomic E-state index is 11.7. The van der Waals surface area contributed by atoms with Crippen LogP contribution in [0.15, 0.2) is 65.7 Å². The summed E-state index contributed by atoms with van der Waals surface area (Å²) in [5, 5.41) is 9.55. The second-order valence-electron chi connectivity index (χ2n) is 4.98. The van der Waals surface area contributed by atoms with Crippen molar-refractivity contribution in [1.82, 2.24) is 0 Å². The molecular weight excluding hydrogens is 294 g/mol. The Morgan fingerprint density at radius 1 is 1.23 bits per heavy atom. The van der Waals surface area contributed by atoms with Crippen molar-refractivity contribution in [3.8, 4) is 0 Å². The largest absolute Gasteiger partial charge is 0.479 e. The van der Waals surface area contributed by atoms with E-state index in [1.807, 2.05) is 60.7 Å². The highest BCUT2D eigenvalue weighted by Gasteiger charge is 2.31. The molecule has 0 heterocycles. The van der Waals surface area contributed by atoms with E-state index in [1.54, 1.807) is 6.21 Å². The highest BCUT2D eigenvalue weighted by molar-refractivity contribution is 7.98. The minimum Gasteiger partial charge on any atom is -0.479 e. The van der Waals surface area contributed by atoms with Crippen LogP contribution in [-0.2, 0) is 10.5 Å². The van der Waals surface area contributed by atoms with Crippen LogP contribution in [0.1, 0.15) is 19.4 Å². The van der Waals surface area contributed by atoms with E-state index in [9.17, 15) is 9.90 Å². The van der Waals surface area contributed by atoms with Gasteiger partial charge in [-0.05, 0) is 18.0 Å². The minimum atomic E-state index is -1.41. The number of hydrogen-bond acceptors (Lipinski definition) is 3. The Balaban J connectivity index is 2.06. The van der Waals surface area contributed by atoms with E-state index in [0.29, 0.717) is 5.75 Å². The molecule has 22 heavy (non-hydrogen) atoms. The number of nitrogens with zero attached hydrogens (tertiary/aromatic N) is 1. The van der Waals surface area contributed by atoms with Gasteiger partial charge in [-0.3, -0.25) is 4.99 Å². The van der Waals surface area contributed by atoms with Crippen molar-refractivity contribution in [2.75, 3.05) is 5.75 Å². The Labute approximate surface area is 136 Å². The van der Waals surface area contributed by atoms with Crippen LogP contribution in [-0.4, -0.2) is 28.6 Å². The van der Waals surface area contributed by atoms with Gasteiger partial charge in [-0.1, -0.05) is 60.7 Å². The molecule has 0 aromatic heterocycles. The molecule has 114 valence electrons. The average molecular weight is 314 g/mol. The van der Waals surface area contributed by atoms with Crippen LogP contribution in [0.5, 0.6) is 0 Å². The molecule has 0 aliphatic rings. The molecule has 1 atom stereocenters. The fraction of sp³-hybridized carbons (Fsp3) is 0.222. The third-order valence-electron chi connectivity index (χ3n) is 3.11. The molecule has 2 aromatic rings. The van der Waals surface area contributed by atoms with Gasteiger partial charge in [0.15, 0.2) is 5.54 Å². The van der Waals surface area contributed by atoms with Gasteiger partial charge >= 0.3 is 5.97 Å². The number of hydrogen-bond donors (Lipinski definition) is 1. The lowest BCUT2D eigenvalue weighted by Gasteiger charge is -2.19. The Bertz CT molecular complexity index is 649. The fourth-order valence-corrected chi connectivity index (χ4v) is 2.87. The van der Waals surface area contributed by atoms with Crippen molar-refractivity contribution >= 4 is 23.9 Å². The fourth-order valence-electron chi connectivity index (χ4n) is 1.80. The summed E-state index contributed by atoms with van der Waals surface area (Å²) in [6.45, 7) is -0.284. The van der Waals surface area contributed by atoms with Crippen LogP contribution in [0.3, 0.4) is 0 Å². The topological polar surface area (TPSA) is 49.7 Å². The number of benzene rings is 2. The van der Waals surface area contributed by atoms with Crippen molar-refractivity contribution in [3.63, 3.8) is 0 Å². The molecule has 2 rings (SSSR count). The molecule has 0 radical (unpaired) electrons. The standard InChI is InChI=1S/C18H19NO2S/c1-18(17(20)21,19-12-15-8-4-2-5-9-15)14-22-13-16-10-6-3-7-11-16/h2-12H,13-14H2,1H3,(H,20,21)/t18-/m0/s1/i1D. The molecule has 3 nitrogen and oxygen atoms in total. The van der Waals surface area contributed by atoms with Crippen molar-refractivity contribution in [2.24, 2.45) is 4.99 Å². The number of aliphatic carboxylic acids is 1. The number of thioether (sulfide) groups is 1. The van der Waals surface area contributed by atoms with Crippen molar-refractivity contribution < 1.29 is 11.3 Å². The lowest BCUT2D eigenvalue weighted by atomic mass is 10.1. The van der Waals surface area contributed by atoms with Crippen LogP contribution in [0, 0.1) is 0 Å². The van der Waals surface area contributed by atoms with Gasteiger partial charge in [-0.2, -0.15) is 11.8 Å². The van der Waals surface area contributed by atoms with Gasteiger partial charge in [0.1, 0.15) is 0 Å². The predicted octanol–water partition coefficient (Wildman–Crippen LogP) is 3.88. The quantitative estimate of drug-likeness (QED) is 0.789. The number of carbonyl (C=O) groups is 1. The number of aliphatic imine (C=N–C) groups is 1. The van der Waals surface area contributed by atoms with Crippen LogP contribution in [0.4, 0.5) is 0 Å². The molecule has 0 spiro atoms. The lowest BCUT2D eigenvalue weighted by molar-refractivity contribution is -0.141. The van der Waals surface area contributed by atoms with Gasteiger partial charge in [0.2, 0.25) is 0 Å². The van der Waals surface area contributed by atoms with Gasteiger partial charge in [0.05, 0.1) is 0 Å². The molecule has 0 unspecified atom stereocenters. The molecule has 0 aliphatic heterocycles. The van der Waals surface area contributed by atoms with Crippen LogP contribution in [0.25, 0.3) is 0 Å². The van der Waals surface area contributed by atoms with E-state index in [-0.39, 0.29) is 12.7 Å². The minimum absolute atomic E-state index is 0.268. The van der Waals surface area contributed by atoms with Gasteiger partial charge in [-0.15, -0.1) is 0 Å². The summed E-state index contributed by atoms with van der Waals surface area (Å²) in [4.78, 5) is 15.9. The summed E-state index contributed by atoms with van der Waals surface area (Å²) in [7, 11) is 0. The van der Waals surface area contributed by atoms with Crippen molar-refractivity contribution in [1.29, 1.82) is 0 Å². The summed E-state index contributed by atoms with van der Waals surface area (Å²) < 4.78 is 7.68. The van der Waals surface area contributed by atoms with Gasteiger partial charge in [0, 0.05) is 19.1 Å². The summed E-state index contributed by atoms with van der Waals surface area (Å²) in [5.41, 5.74) is 0.559. The van der Waals surface area contributed by atoms with Gasteiger partial charge < -0.3 is 5.11 Å². The van der Waals surface area contributed by atoms with Gasteiger partial charge in [-0.25, -0.2) is 4.79 Å². The molecular formula is C18H19NO2S. The molecule has 0 saturated heterocycles. The molecule has 2 aromatic carbocycles. The van der Waals surface area contributed by atoms with Gasteiger partial charge in [0.25, 0.3) is 0 Å². The molecule has 0 fully saturated rings. The lowest BCUT2D eigenvalue weighted by Crippen LogP contribution is -2.36. The van der Waals surface area contributed by atoms with E-state index in [1.165, 1.54) is 11.8 Å². The summed E-state index contributed by atoms with van der Waals surface area (Å²) in [6, 6.07) is 19.2. The van der Waals surface area contributed by atoms with Crippen molar-refractivity contribution in [3.05, 3.63) is 71.8 Å². The normalized spacial score (nSPS) is 14.5. The number of carboxylic acids is 1. The zero-order valence-corrected chi connectivity index (χ0v) is 13.0. The maximum absolute atomic E-state index is 11.7. The first kappa shape index (κ1) is 14.9. The molecule has 0 saturated carbocycles. The van der Waals surface area contributed by atoms with Crippen LogP contribution < -0.4 is 0 Å². The molecule has 0 amide bonds. The predicted molar refractivity (Wildman–Crippen MR) is 92.7 cm³/mol. The summed E-state index contributed by atoms with van der Waals surface area (Å²) >= 11 is 1.49. The SMILES string of the molecule is [2H]C[C@@](CSCc1ccccc1)(N=Cc1ccccc1)C(=O)O. The molecule has 1 N–H and O–H groups in total. The molecule has 0 bridgehead atoms. The Hall–Kier alpha value is -2.07. The Kier molecular flexibility index (Phi) is 5.27. The summed E-state index contributed by atoms with van der Waals surface area (Å²) in [6.07, 6.45) is 1.55. The van der Waals surface area contributed by atoms with E-state index in [0.717, 1.165) is 11.1 Å².